The Morgan fingerprint density at radius 3 is 2.35 bits per heavy atom. The Balaban J connectivity index is 2.53. The third kappa shape index (κ3) is 4.49. The Bertz CT molecular complexity index is 764. The molecular weight excluding hydrogens is 378 g/mol. The number of carbonyl (C=O) groups is 1. The molecule has 3 nitrogen and oxygen atoms in total. The number of carbonyl (C=O) groups excluding carboxylic acids is 1. The van der Waals surface area contributed by atoms with Crippen LogP contribution in [0.2, 0.25) is 0 Å². The van der Waals surface area contributed by atoms with Crippen molar-refractivity contribution in [1.29, 1.82) is 0 Å². The molecule has 0 aliphatic carbocycles. The third-order valence-corrected chi connectivity index (χ3v) is 4.54. The lowest BCUT2D eigenvalue weighted by Crippen LogP contribution is -2.17. The lowest BCUT2D eigenvalue weighted by molar-refractivity contribution is 0.0728. The standard InChI is InChI=1S/C20H21Cl2FO3/c1-3-4-10-25-19-16(12-22)15(11-21)18(23)13(2)17(19)20(24)26-14-8-6-5-7-9-14/h5-9H,3-4,10-12H2,1-2H3. The molecule has 140 valence electrons. The average Bonchev–Trinajstić information content (AvgIpc) is 2.65. The Hall–Kier alpha value is -1.78. The summed E-state index contributed by atoms with van der Waals surface area (Å²) in [6.45, 7) is 3.92. The van der Waals surface area contributed by atoms with E-state index in [0.29, 0.717) is 17.9 Å². The molecule has 0 saturated heterocycles. The van der Waals surface area contributed by atoms with Gasteiger partial charge in [-0.1, -0.05) is 31.5 Å². The molecule has 0 atom stereocenters. The van der Waals surface area contributed by atoms with Crippen molar-refractivity contribution in [2.75, 3.05) is 6.61 Å². The van der Waals surface area contributed by atoms with Crippen LogP contribution in [0, 0.1) is 12.7 Å². The second kappa shape index (κ2) is 9.79. The number of hydrogen-bond acceptors (Lipinski definition) is 3. The van der Waals surface area contributed by atoms with Crippen LogP contribution in [-0.4, -0.2) is 12.6 Å². The van der Waals surface area contributed by atoms with Crippen LogP contribution in [0.3, 0.4) is 0 Å². The molecule has 2 aromatic carbocycles. The van der Waals surface area contributed by atoms with E-state index < -0.39 is 11.8 Å². The van der Waals surface area contributed by atoms with Gasteiger partial charge in [0.2, 0.25) is 0 Å². The molecule has 0 fully saturated rings. The maximum absolute atomic E-state index is 14.8. The summed E-state index contributed by atoms with van der Waals surface area (Å²) >= 11 is 11.9. The normalized spacial score (nSPS) is 10.7. The zero-order valence-corrected chi connectivity index (χ0v) is 16.3. The van der Waals surface area contributed by atoms with Crippen LogP contribution < -0.4 is 9.47 Å². The van der Waals surface area contributed by atoms with Gasteiger partial charge >= 0.3 is 5.97 Å². The number of rotatable bonds is 8. The van der Waals surface area contributed by atoms with Crippen LogP contribution in [0.4, 0.5) is 4.39 Å². The van der Waals surface area contributed by atoms with E-state index in [-0.39, 0.29) is 34.2 Å². The van der Waals surface area contributed by atoms with Crippen LogP contribution in [0.1, 0.15) is 46.8 Å². The van der Waals surface area contributed by atoms with E-state index in [1.54, 1.807) is 24.3 Å². The molecule has 0 aliphatic rings. The zero-order valence-electron chi connectivity index (χ0n) is 14.8. The minimum absolute atomic E-state index is 0.0215. The Kier molecular flexibility index (Phi) is 7.73. The molecule has 26 heavy (non-hydrogen) atoms. The molecule has 0 unspecified atom stereocenters. The van der Waals surface area contributed by atoms with Gasteiger partial charge in [0, 0.05) is 16.7 Å². The topological polar surface area (TPSA) is 35.5 Å². The number of alkyl halides is 2. The van der Waals surface area contributed by atoms with Crippen molar-refractivity contribution in [3.05, 3.63) is 58.4 Å². The lowest BCUT2D eigenvalue weighted by atomic mass is 9.97. The summed E-state index contributed by atoms with van der Waals surface area (Å²) in [6.07, 6.45) is 1.71. The van der Waals surface area contributed by atoms with E-state index >= 15 is 0 Å². The molecule has 6 heteroatoms. The number of benzene rings is 2. The molecule has 0 amide bonds. The summed E-state index contributed by atoms with van der Waals surface area (Å²) < 4.78 is 26.0. The minimum atomic E-state index is -0.688. The van der Waals surface area contributed by atoms with Gasteiger partial charge in [0.05, 0.1) is 18.4 Å². The molecule has 0 N–H and O–H groups in total. The summed E-state index contributed by atoms with van der Waals surface area (Å²) in [7, 11) is 0. The molecule has 0 bridgehead atoms. The number of hydrogen-bond donors (Lipinski definition) is 0. The smallest absolute Gasteiger partial charge is 0.347 e. The predicted octanol–water partition coefficient (Wildman–Crippen LogP) is 6.01. The fourth-order valence-electron chi connectivity index (χ4n) is 2.58. The summed E-state index contributed by atoms with van der Waals surface area (Å²) in [5.41, 5.74) is 0.830. The van der Waals surface area contributed by atoms with Crippen LogP contribution in [0.15, 0.2) is 30.3 Å². The summed E-state index contributed by atoms with van der Waals surface area (Å²) in [5, 5.41) is 0. The van der Waals surface area contributed by atoms with Crippen molar-refractivity contribution in [1.82, 2.24) is 0 Å². The van der Waals surface area contributed by atoms with Gasteiger partial charge in [0.15, 0.2) is 0 Å². The highest BCUT2D eigenvalue weighted by Gasteiger charge is 2.27. The first-order valence-corrected chi connectivity index (χ1v) is 9.47. The summed E-state index contributed by atoms with van der Waals surface area (Å²) in [6, 6.07) is 8.60. The number of unbranched alkanes of at least 4 members (excludes halogenated alkanes) is 1. The van der Waals surface area contributed by atoms with Gasteiger partial charge in [0.1, 0.15) is 22.9 Å². The van der Waals surface area contributed by atoms with E-state index in [1.807, 2.05) is 13.0 Å². The monoisotopic (exact) mass is 398 g/mol. The molecule has 2 rings (SSSR count). The highest BCUT2D eigenvalue weighted by Crippen LogP contribution is 2.36. The van der Waals surface area contributed by atoms with Crippen molar-refractivity contribution in [3.8, 4) is 11.5 Å². The highest BCUT2D eigenvalue weighted by atomic mass is 35.5. The van der Waals surface area contributed by atoms with Gasteiger partial charge in [-0.3, -0.25) is 0 Å². The molecule has 0 radical (unpaired) electrons. The first-order chi connectivity index (χ1) is 12.5. The average molecular weight is 399 g/mol. The van der Waals surface area contributed by atoms with Crippen LogP contribution in [0.25, 0.3) is 0 Å². The number of halogens is 3. The molecular formula is C20H21Cl2FO3. The zero-order chi connectivity index (χ0) is 19.1. The van der Waals surface area contributed by atoms with Gasteiger partial charge in [-0.15, -0.1) is 23.2 Å². The van der Waals surface area contributed by atoms with Crippen molar-refractivity contribution in [2.45, 2.75) is 38.4 Å². The summed E-state index contributed by atoms with van der Waals surface area (Å²) in [4.78, 5) is 12.8. The number of para-hydroxylation sites is 1. The van der Waals surface area contributed by atoms with E-state index in [9.17, 15) is 9.18 Å². The Morgan fingerprint density at radius 1 is 1.12 bits per heavy atom. The van der Waals surface area contributed by atoms with E-state index in [4.69, 9.17) is 32.7 Å². The Morgan fingerprint density at radius 2 is 1.77 bits per heavy atom. The first-order valence-electron chi connectivity index (χ1n) is 8.40. The van der Waals surface area contributed by atoms with Crippen molar-refractivity contribution < 1.29 is 18.7 Å². The molecule has 0 saturated carbocycles. The summed E-state index contributed by atoms with van der Waals surface area (Å²) in [5.74, 6) is -0.709. The maximum atomic E-state index is 14.8. The fraction of sp³-hybridized carbons (Fsp3) is 0.350. The third-order valence-electron chi connectivity index (χ3n) is 4.00. The van der Waals surface area contributed by atoms with Gasteiger partial charge in [-0.05, 0) is 25.5 Å². The Labute approximate surface area is 163 Å². The van der Waals surface area contributed by atoms with Crippen molar-refractivity contribution in [2.24, 2.45) is 0 Å². The molecule has 2 aromatic rings. The van der Waals surface area contributed by atoms with Crippen molar-refractivity contribution in [3.63, 3.8) is 0 Å². The van der Waals surface area contributed by atoms with Crippen LogP contribution in [0.5, 0.6) is 11.5 Å². The largest absolute Gasteiger partial charge is 0.492 e. The lowest BCUT2D eigenvalue weighted by Gasteiger charge is -2.20. The van der Waals surface area contributed by atoms with Gasteiger partial charge in [0.25, 0.3) is 0 Å². The predicted molar refractivity (Wildman–Crippen MR) is 102 cm³/mol. The first kappa shape index (κ1) is 20.5. The van der Waals surface area contributed by atoms with Gasteiger partial charge < -0.3 is 9.47 Å². The fourth-order valence-corrected chi connectivity index (χ4v) is 3.14. The van der Waals surface area contributed by atoms with Gasteiger partial charge in [-0.25, -0.2) is 9.18 Å². The molecule has 0 heterocycles. The van der Waals surface area contributed by atoms with E-state index in [2.05, 4.69) is 0 Å². The highest BCUT2D eigenvalue weighted by molar-refractivity contribution is 6.19. The van der Waals surface area contributed by atoms with Gasteiger partial charge in [-0.2, -0.15) is 0 Å². The van der Waals surface area contributed by atoms with E-state index in [1.165, 1.54) is 6.92 Å². The van der Waals surface area contributed by atoms with E-state index in [0.717, 1.165) is 12.8 Å². The second-order valence-corrected chi connectivity index (χ2v) is 6.31. The molecule has 0 aromatic heterocycles. The quantitative estimate of drug-likeness (QED) is 0.236. The molecule has 0 spiro atoms. The molecule has 0 aliphatic heterocycles. The maximum Gasteiger partial charge on any atom is 0.347 e. The van der Waals surface area contributed by atoms with Crippen LogP contribution in [-0.2, 0) is 11.8 Å². The van der Waals surface area contributed by atoms with Crippen LogP contribution >= 0.6 is 23.2 Å². The number of esters is 1. The number of ether oxygens (including phenoxy) is 2. The van der Waals surface area contributed by atoms with Crippen molar-refractivity contribution >= 4 is 29.2 Å². The second-order valence-electron chi connectivity index (χ2n) is 5.77. The minimum Gasteiger partial charge on any atom is -0.492 e. The SMILES string of the molecule is CCCCOc1c(CCl)c(CCl)c(F)c(C)c1C(=O)Oc1ccccc1.